The fourth-order valence-electron chi connectivity index (χ4n) is 1.94. The Morgan fingerprint density at radius 1 is 1.50 bits per heavy atom. The fraction of sp³-hybridized carbons (Fsp3) is 0.750. The minimum atomic E-state index is -0.460. The van der Waals surface area contributed by atoms with Crippen LogP contribution in [0.1, 0.15) is 44.8 Å². The predicted octanol–water partition coefficient (Wildman–Crippen LogP) is 2.10. The summed E-state index contributed by atoms with van der Waals surface area (Å²) in [5.41, 5.74) is -0.460. The van der Waals surface area contributed by atoms with Gasteiger partial charge in [0.05, 0.1) is 0 Å². The molecule has 1 atom stereocenters. The zero-order chi connectivity index (χ0) is 13.3. The number of aryl methyl sites for hydroxylation is 1. The molecule has 1 aliphatic heterocycles. The smallest absolute Gasteiger partial charge is 0.410 e. The van der Waals surface area contributed by atoms with Gasteiger partial charge in [0.1, 0.15) is 5.60 Å². The van der Waals surface area contributed by atoms with Crippen LogP contribution in [-0.2, 0) is 4.74 Å². The van der Waals surface area contributed by atoms with Gasteiger partial charge in [-0.3, -0.25) is 0 Å². The fourth-order valence-corrected chi connectivity index (χ4v) is 1.94. The summed E-state index contributed by atoms with van der Waals surface area (Å²) in [7, 11) is 0. The molecule has 0 spiro atoms. The summed E-state index contributed by atoms with van der Waals surface area (Å²) in [5.74, 6) is 1.38. The molecule has 0 aromatic carbocycles. The van der Waals surface area contributed by atoms with Gasteiger partial charge in [0, 0.05) is 25.9 Å². The number of hydrogen-bond acceptors (Lipinski definition) is 5. The van der Waals surface area contributed by atoms with Crippen LogP contribution in [0.2, 0.25) is 0 Å². The predicted molar refractivity (Wildman–Crippen MR) is 64.2 cm³/mol. The van der Waals surface area contributed by atoms with Gasteiger partial charge in [-0.25, -0.2) is 4.79 Å². The van der Waals surface area contributed by atoms with E-state index in [0.717, 1.165) is 6.42 Å². The Bertz CT molecular complexity index is 436. The Hall–Kier alpha value is -1.59. The minimum absolute atomic E-state index is 0.148. The Balaban J connectivity index is 1.94. The van der Waals surface area contributed by atoms with Crippen molar-refractivity contribution in [1.29, 1.82) is 0 Å². The number of aromatic nitrogens is 2. The molecule has 0 bridgehead atoms. The third-order valence-corrected chi connectivity index (χ3v) is 2.75. The van der Waals surface area contributed by atoms with Crippen LogP contribution in [0.3, 0.4) is 0 Å². The van der Waals surface area contributed by atoms with E-state index in [1.165, 1.54) is 0 Å². The molecule has 6 nitrogen and oxygen atoms in total. The van der Waals surface area contributed by atoms with Gasteiger partial charge in [0.25, 0.3) is 0 Å². The van der Waals surface area contributed by atoms with Crippen LogP contribution in [0.15, 0.2) is 4.52 Å². The summed E-state index contributed by atoms with van der Waals surface area (Å²) in [6.45, 7) is 8.61. The zero-order valence-electron chi connectivity index (χ0n) is 11.3. The van der Waals surface area contributed by atoms with Gasteiger partial charge < -0.3 is 14.2 Å². The van der Waals surface area contributed by atoms with Gasteiger partial charge in [-0.2, -0.15) is 4.98 Å². The second kappa shape index (κ2) is 4.59. The van der Waals surface area contributed by atoms with Crippen molar-refractivity contribution in [2.45, 2.75) is 45.6 Å². The van der Waals surface area contributed by atoms with Crippen LogP contribution in [0, 0.1) is 6.92 Å². The van der Waals surface area contributed by atoms with E-state index in [0.29, 0.717) is 24.8 Å². The number of likely N-dealkylation sites (tertiary alicyclic amines) is 1. The van der Waals surface area contributed by atoms with Gasteiger partial charge >= 0.3 is 6.09 Å². The first-order valence-electron chi connectivity index (χ1n) is 6.13. The molecule has 1 aromatic heterocycles. The molecule has 18 heavy (non-hydrogen) atoms. The lowest BCUT2D eigenvalue weighted by atomic mass is 10.1. The molecule has 1 saturated heterocycles. The molecule has 0 saturated carbocycles. The van der Waals surface area contributed by atoms with Crippen LogP contribution in [0.4, 0.5) is 4.79 Å². The molecular formula is C12H19N3O3. The number of carbonyl (C=O) groups excluding carboxylic acids is 1. The largest absolute Gasteiger partial charge is 0.444 e. The van der Waals surface area contributed by atoms with E-state index in [2.05, 4.69) is 10.1 Å². The van der Waals surface area contributed by atoms with Gasteiger partial charge in [-0.15, -0.1) is 0 Å². The number of nitrogens with zero attached hydrogens (tertiary/aromatic N) is 3. The average molecular weight is 253 g/mol. The van der Waals surface area contributed by atoms with Crippen molar-refractivity contribution in [3.05, 3.63) is 11.7 Å². The summed E-state index contributed by atoms with van der Waals surface area (Å²) in [6, 6.07) is 0. The quantitative estimate of drug-likeness (QED) is 0.766. The third kappa shape index (κ3) is 3.00. The summed E-state index contributed by atoms with van der Waals surface area (Å²) in [6.07, 6.45) is 0.573. The first-order valence-corrected chi connectivity index (χ1v) is 6.13. The number of hydrogen-bond donors (Lipinski definition) is 0. The molecular weight excluding hydrogens is 234 g/mol. The molecule has 1 aromatic rings. The van der Waals surface area contributed by atoms with Crippen molar-refractivity contribution in [3.63, 3.8) is 0 Å². The van der Waals surface area contributed by atoms with Gasteiger partial charge in [-0.1, -0.05) is 5.16 Å². The van der Waals surface area contributed by atoms with E-state index in [4.69, 9.17) is 9.26 Å². The van der Waals surface area contributed by atoms with E-state index in [9.17, 15) is 4.79 Å². The summed E-state index contributed by atoms with van der Waals surface area (Å²) >= 11 is 0. The standard InChI is InChI=1S/C12H19N3O3/c1-8-13-10(14-18-8)9-5-6-15(7-9)11(16)17-12(2,3)4/h9H,5-7H2,1-4H3. The SMILES string of the molecule is Cc1nc(C2CCN(C(=O)OC(C)(C)C)C2)no1. The highest BCUT2D eigenvalue weighted by molar-refractivity contribution is 5.68. The van der Waals surface area contributed by atoms with E-state index >= 15 is 0 Å². The van der Waals surface area contributed by atoms with Crippen molar-refractivity contribution in [1.82, 2.24) is 15.0 Å². The van der Waals surface area contributed by atoms with Crippen molar-refractivity contribution in [2.24, 2.45) is 0 Å². The van der Waals surface area contributed by atoms with Gasteiger partial charge in [0.2, 0.25) is 5.89 Å². The van der Waals surface area contributed by atoms with E-state index in [-0.39, 0.29) is 12.0 Å². The van der Waals surface area contributed by atoms with E-state index < -0.39 is 5.60 Å². The van der Waals surface area contributed by atoms with Crippen molar-refractivity contribution < 1.29 is 14.1 Å². The van der Waals surface area contributed by atoms with Gasteiger partial charge in [0.15, 0.2) is 5.82 Å². The lowest BCUT2D eigenvalue weighted by Crippen LogP contribution is -2.35. The summed E-state index contributed by atoms with van der Waals surface area (Å²) in [5, 5.41) is 3.90. The Morgan fingerprint density at radius 2 is 2.22 bits per heavy atom. The highest BCUT2D eigenvalue weighted by Crippen LogP contribution is 2.26. The van der Waals surface area contributed by atoms with Crippen LogP contribution in [0.5, 0.6) is 0 Å². The molecule has 1 fully saturated rings. The molecule has 6 heteroatoms. The zero-order valence-corrected chi connectivity index (χ0v) is 11.3. The normalized spacial score (nSPS) is 20.2. The lowest BCUT2D eigenvalue weighted by molar-refractivity contribution is 0.0292. The molecule has 100 valence electrons. The maximum absolute atomic E-state index is 11.9. The van der Waals surface area contributed by atoms with Gasteiger partial charge in [-0.05, 0) is 27.2 Å². The maximum atomic E-state index is 11.9. The molecule has 2 rings (SSSR count). The minimum Gasteiger partial charge on any atom is -0.444 e. The highest BCUT2D eigenvalue weighted by Gasteiger charge is 2.32. The van der Waals surface area contributed by atoms with E-state index in [1.807, 2.05) is 20.8 Å². The van der Waals surface area contributed by atoms with Crippen LogP contribution in [0.25, 0.3) is 0 Å². The Morgan fingerprint density at radius 3 is 2.78 bits per heavy atom. The maximum Gasteiger partial charge on any atom is 0.410 e. The molecule has 0 N–H and O–H groups in total. The first-order chi connectivity index (χ1) is 8.35. The van der Waals surface area contributed by atoms with Crippen molar-refractivity contribution in [2.75, 3.05) is 13.1 Å². The second-order valence-corrected chi connectivity index (χ2v) is 5.58. The third-order valence-electron chi connectivity index (χ3n) is 2.75. The Labute approximate surface area is 106 Å². The Kier molecular flexibility index (Phi) is 3.28. The van der Waals surface area contributed by atoms with Crippen molar-refractivity contribution >= 4 is 6.09 Å². The lowest BCUT2D eigenvalue weighted by Gasteiger charge is -2.24. The molecule has 1 aliphatic rings. The number of amides is 1. The first kappa shape index (κ1) is 12.9. The number of carbonyl (C=O) groups is 1. The molecule has 2 heterocycles. The summed E-state index contributed by atoms with van der Waals surface area (Å²) in [4.78, 5) is 17.8. The van der Waals surface area contributed by atoms with Crippen molar-refractivity contribution in [3.8, 4) is 0 Å². The topological polar surface area (TPSA) is 68.5 Å². The molecule has 1 amide bonds. The van der Waals surface area contributed by atoms with Crippen LogP contribution < -0.4 is 0 Å². The van der Waals surface area contributed by atoms with Crippen LogP contribution >= 0.6 is 0 Å². The highest BCUT2D eigenvalue weighted by atomic mass is 16.6. The molecule has 0 radical (unpaired) electrons. The van der Waals surface area contributed by atoms with E-state index in [1.54, 1.807) is 11.8 Å². The summed E-state index contributed by atoms with van der Waals surface area (Å²) < 4.78 is 10.3. The monoisotopic (exact) mass is 253 g/mol. The number of rotatable bonds is 1. The van der Waals surface area contributed by atoms with Crippen LogP contribution in [-0.4, -0.2) is 39.8 Å². The average Bonchev–Trinajstić information content (AvgIpc) is 2.82. The molecule has 1 unspecified atom stereocenters. The number of ether oxygens (including phenoxy) is 1. The second-order valence-electron chi connectivity index (χ2n) is 5.58. The molecule has 0 aliphatic carbocycles.